The molecule has 0 atom stereocenters. The molecule has 7 heteroatoms. The molecule has 3 aromatic carbocycles. The fraction of sp³-hybridized carbons (Fsp3) is 0.179. The summed E-state index contributed by atoms with van der Waals surface area (Å²) in [7, 11) is 0. The average molecular weight is 488 g/mol. The molecule has 3 amide bonds. The molecule has 0 fully saturated rings. The lowest BCUT2D eigenvalue weighted by Crippen LogP contribution is -2.33. The van der Waals surface area contributed by atoms with Crippen molar-refractivity contribution in [1.29, 1.82) is 0 Å². The average Bonchev–Trinajstić information content (AvgIpc) is 3.05. The van der Waals surface area contributed by atoms with Crippen molar-refractivity contribution in [3.8, 4) is 0 Å². The minimum absolute atomic E-state index is 0.0202. The van der Waals surface area contributed by atoms with Gasteiger partial charge < -0.3 is 10.2 Å². The lowest BCUT2D eigenvalue weighted by Gasteiger charge is -2.22. The molecule has 178 valence electrons. The molecule has 35 heavy (non-hydrogen) atoms. The second kappa shape index (κ2) is 9.76. The van der Waals surface area contributed by atoms with Gasteiger partial charge in [0.05, 0.1) is 5.69 Å². The van der Waals surface area contributed by atoms with Crippen LogP contribution in [0.2, 0.25) is 0 Å². The maximum Gasteiger partial charge on any atom is 0.283 e. The number of rotatable bonds is 6. The third-order valence-corrected chi connectivity index (χ3v) is 6.45. The van der Waals surface area contributed by atoms with Crippen LogP contribution in [0.5, 0.6) is 0 Å². The summed E-state index contributed by atoms with van der Waals surface area (Å²) in [4.78, 5) is 42.2. The SMILES string of the molecule is CCN(C(=O)c1cccc(NC2=C(Cl)C(=O)N(c3cccc(C)c3C)C2=O)c1)c1cccc(C)c1. The molecule has 0 saturated carbocycles. The Bertz CT molecular complexity index is 1380. The van der Waals surface area contributed by atoms with Gasteiger partial charge in [-0.3, -0.25) is 14.4 Å². The molecule has 0 aliphatic carbocycles. The number of hydrogen-bond donors (Lipinski definition) is 1. The van der Waals surface area contributed by atoms with Crippen LogP contribution in [0.25, 0.3) is 0 Å². The highest BCUT2D eigenvalue weighted by Gasteiger charge is 2.39. The Balaban J connectivity index is 1.61. The highest BCUT2D eigenvalue weighted by Crippen LogP contribution is 2.33. The Morgan fingerprint density at radius 2 is 1.66 bits per heavy atom. The zero-order valence-electron chi connectivity index (χ0n) is 20.1. The molecular formula is C28H26ClN3O3. The Labute approximate surface area is 209 Å². The van der Waals surface area contributed by atoms with Crippen molar-refractivity contribution in [3.63, 3.8) is 0 Å². The van der Waals surface area contributed by atoms with Crippen LogP contribution in [0.1, 0.15) is 34.0 Å². The van der Waals surface area contributed by atoms with Gasteiger partial charge in [-0.1, -0.05) is 41.9 Å². The zero-order valence-corrected chi connectivity index (χ0v) is 20.8. The minimum Gasteiger partial charge on any atom is -0.350 e. The van der Waals surface area contributed by atoms with E-state index < -0.39 is 11.8 Å². The van der Waals surface area contributed by atoms with Crippen LogP contribution in [0.15, 0.2) is 77.5 Å². The van der Waals surface area contributed by atoms with Crippen molar-refractivity contribution in [2.45, 2.75) is 27.7 Å². The van der Waals surface area contributed by atoms with Gasteiger partial charge in [0.1, 0.15) is 10.7 Å². The smallest absolute Gasteiger partial charge is 0.283 e. The van der Waals surface area contributed by atoms with E-state index in [1.807, 2.05) is 58.0 Å². The molecule has 0 spiro atoms. The number of carbonyl (C=O) groups is 3. The monoisotopic (exact) mass is 487 g/mol. The van der Waals surface area contributed by atoms with Gasteiger partial charge in [0.25, 0.3) is 17.7 Å². The number of nitrogens with zero attached hydrogens (tertiary/aromatic N) is 2. The van der Waals surface area contributed by atoms with E-state index >= 15 is 0 Å². The van der Waals surface area contributed by atoms with Crippen molar-refractivity contribution in [2.24, 2.45) is 0 Å². The number of hydrogen-bond acceptors (Lipinski definition) is 4. The predicted octanol–water partition coefficient (Wildman–Crippen LogP) is 5.71. The minimum atomic E-state index is -0.586. The van der Waals surface area contributed by atoms with E-state index in [1.165, 1.54) is 0 Å². The van der Waals surface area contributed by atoms with E-state index in [0.717, 1.165) is 27.3 Å². The molecule has 3 aromatic rings. The van der Waals surface area contributed by atoms with E-state index in [-0.39, 0.29) is 16.6 Å². The first-order valence-electron chi connectivity index (χ1n) is 11.3. The Morgan fingerprint density at radius 1 is 0.943 bits per heavy atom. The van der Waals surface area contributed by atoms with Crippen LogP contribution in [-0.2, 0) is 9.59 Å². The van der Waals surface area contributed by atoms with E-state index in [0.29, 0.717) is 23.5 Å². The molecule has 0 unspecified atom stereocenters. The van der Waals surface area contributed by atoms with Gasteiger partial charge in [0.2, 0.25) is 0 Å². The maximum atomic E-state index is 13.3. The number of amides is 3. The van der Waals surface area contributed by atoms with Crippen LogP contribution in [0.4, 0.5) is 17.1 Å². The Morgan fingerprint density at radius 3 is 2.37 bits per heavy atom. The van der Waals surface area contributed by atoms with Gasteiger partial charge in [-0.05, 0) is 80.8 Å². The second-order valence-electron chi connectivity index (χ2n) is 8.45. The van der Waals surface area contributed by atoms with E-state index in [2.05, 4.69) is 5.32 Å². The molecule has 1 aliphatic rings. The molecular weight excluding hydrogens is 462 g/mol. The Kier molecular flexibility index (Phi) is 6.76. The third-order valence-electron chi connectivity index (χ3n) is 6.10. The number of halogens is 1. The van der Waals surface area contributed by atoms with Crippen molar-refractivity contribution < 1.29 is 14.4 Å². The van der Waals surface area contributed by atoms with Gasteiger partial charge in [0.15, 0.2) is 0 Å². The first-order chi connectivity index (χ1) is 16.7. The number of aryl methyl sites for hydroxylation is 2. The van der Waals surface area contributed by atoms with Crippen molar-refractivity contribution in [2.75, 3.05) is 21.7 Å². The van der Waals surface area contributed by atoms with Crippen molar-refractivity contribution in [1.82, 2.24) is 0 Å². The number of nitrogens with one attached hydrogen (secondary N) is 1. The van der Waals surface area contributed by atoms with E-state index in [1.54, 1.807) is 41.3 Å². The molecule has 0 saturated heterocycles. The van der Waals surface area contributed by atoms with Gasteiger partial charge in [-0.2, -0.15) is 0 Å². The fourth-order valence-corrected chi connectivity index (χ4v) is 4.29. The topological polar surface area (TPSA) is 69.7 Å². The van der Waals surface area contributed by atoms with Crippen molar-refractivity contribution in [3.05, 3.63) is 99.7 Å². The highest BCUT2D eigenvalue weighted by molar-refractivity contribution is 6.53. The quantitative estimate of drug-likeness (QED) is 0.452. The molecule has 0 radical (unpaired) electrons. The predicted molar refractivity (Wildman–Crippen MR) is 140 cm³/mol. The number of carbonyl (C=O) groups excluding carboxylic acids is 3. The summed E-state index contributed by atoms with van der Waals surface area (Å²) < 4.78 is 0. The first kappa shape index (κ1) is 24.2. The van der Waals surface area contributed by atoms with E-state index in [9.17, 15) is 14.4 Å². The summed E-state index contributed by atoms with van der Waals surface area (Å²) in [5, 5.41) is 2.78. The molecule has 1 aliphatic heterocycles. The summed E-state index contributed by atoms with van der Waals surface area (Å²) in [6.07, 6.45) is 0. The second-order valence-corrected chi connectivity index (χ2v) is 8.83. The molecule has 0 bridgehead atoms. The molecule has 1 N–H and O–H groups in total. The van der Waals surface area contributed by atoms with Crippen LogP contribution in [0.3, 0.4) is 0 Å². The standard InChI is InChI=1S/C28H26ClN3O3/c1-5-31(22-13-6-9-17(2)15-22)26(33)20-11-8-12-21(16-20)30-25-24(29)27(34)32(28(25)35)23-14-7-10-18(3)19(23)4/h6-16,30H,5H2,1-4H3. The van der Waals surface area contributed by atoms with Crippen LogP contribution in [0, 0.1) is 20.8 Å². The van der Waals surface area contributed by atoms with Crippen LogP contribution < -0.4 is 15.1 Å². The molecule has 0 aromatic heterocycles. The van der Waals surface area contributed by atoms with E-state index in [4.69, 9.17) is 11.6 Å². The third kappa shape index (κ3) is 4.57. The maximum absolute atomic E-state index is 13.3. The van der Waals surface area contributed by atoms with Crippen molar-refractivity contribution >= 4 is 46.4 Å². The summed E-state index contributed by atoms with van der Waals surface area (Å²) in [5.74, 6) is -1.30. The summed E-state index contributed by atoms with van der Waals surface area (Å²) in [6, 6.07) is 20.0. The van der Waals surface area contributed by atoms with Crippen LogP contribution in [-0.4, -0.2) is 24.3 Å². The van der Waals surface area contributed by atoms with Gasteiger partial charge in [0, 0.05) is 23.5 Å². The summed E-state index contributed by atoms with van der Waals surface area (Å²) >= 11 is 6.31. The summed E-state index contributed by atoms with van der Waals surface area (Å²) in [5.41, 5.74) is 5.05. The van der Waals surface area contributed by atoms with Gasteiger partial charge >= 0.3 is 0 Å². The number of anilines is 3. The molecule has 6 nitrogen and oxygen atoms in total. The lowest BCUT2D eigenvalue weighted by molar-refractivity contribution is -0.120. The fourth-order valence-electron chi connectivity index (χ4n) is 4.08. The molecule has 4 rings (SSSR count). The Hall–Kier alpha value is -3.90. The molecule has 1 heterocycles. The lowest BCUT2D eigenvalue weighted by atomic mass is 10.1. The number of imide groups is 1. The first-order valence-corrected chi connectivity index (χ1v) is 11.7. The highest BCUT2D eigenvalue weighted by atomic mass is 35.5. The number of benzene rings is 3. The van der Waals surface area contributed by atoms with Gasteiger partial charge in [-0.25, -0.2) is 4.90 Å². The van der Waals surface area contributed by atoms with Gasteiger partial charge in [-0.15, -0.1) is 0 Å². The normalized spacial score (nSPS) is 13.5. The van der Waals surface area contributed by atoms with Crippen LogP contribution >= 0.6 is 11.6 Å². The summed E-state index contributed by atoms with van der Waals surface area (Å²) in [6.45, 7) is 8.15. The zero-order chi connectivity index (χ0) is 25.3. The largest absolute Gasteiger partial charge is 0.350 e.